The van der Waals surface area contributed by atoms with Gasteiger partial charge in [0.1, 0.15) is 11.6 Å². The van der Waals surface area contributed by atoms with E-state index >= 15 is 0 Å². The van der Waals surface area contributed by atoms with E-state index in [0.717, 1.165) is 17.2 Å². The van der Waals surface area contributed by atoms with Crippen LogP contribution in [0.1, 0.15) is 11.1 Å². The van der Waals surface area contributed by atoms with Crippen LogP contribution < -0.4 is 5.32 Å². The topological polar surface area (TPSA) is 37.8 Å². The molecule has 2 rings (SSSR count). The van der Waals surface area contributed by atoms with Crippen LogP contribution in [0.5, 0.6) is 0 Å². The molecular formula is C12H10ClF2N3. The first-order valence-corrected chi connectivity index (χ1v) is 5.57. The van der Waals surface area contributed by atoms with E-state index < -0.39 is 11.6 Å². The molecule has 3 nitrogen and oxygen atoms in total. The first kappa shape index (κ1) is 12.7. The van der Waals surface area contributed by atoms with Crippen LogP contribution in [-0.4, -0.2) is 10.2 Å². The molecule has 1 N–H and O–H groups in total. The molecule has 0 spiro atoms. The van der Waals surface area contributed by atoms with Crippen molar-refractivity contribution in [2.45, 2.75) is 13.8 Å². The fourth-order valence-electron chi connectivity index (χ4n) is 1.46. The standard InChI is InChI=1S/C12H10ClF2N3/c1-6-7(2)12(18-17-11(6)13)16-10-4-8(14)3-9(15)5-10/h3-5H,1-2H3,(H,16,18). The molecule has 1 aromatic heterocycles. The maximum Gasteiger partial charge on any atom is 0.156 e. The Morgan fingerprint density at radius 1 is 1.00 bits per heavy atom. The van der Waals surface area contributed by atoms with Gasteiger partial charge in [-0.05, 0) is 37.1 Å². The number of rotatable bonds is 2. The van der Waals surface area contributed by atoms with Gasteiger partial charge >= 0.3 is 0 Å². The normalized spacial score (nSPS) is 10.5. The number of aromatic nitrogens is 2. The number of anilines is 2. The lowest BCUT2D eigenvalue weighted by Gasteiger charge is -2.10. The van der Waals surface area contributed by atoms with E-state index in [1.165, 1.54) is 12.1 Å². The monoisotopic (exact) mass is 269 g/mol. The first-order chi connectivity index (χ1) is 8.47. The van der Waals surface area contributed by atoms with Crippen LogP contribution in [0.25, 0.3) is 0 Å². The highest BCUT2D eigenvalue weighted by Crippen LogP contribution is 2.24. The predicted molar refractivity (Wildman–Crippen MR) is 66.2 cm³/mol. The molecule has 0 aliphatic carbocycles. The number of halogens is 3. The van der Waals surface area contributed by atoms with Gasteiger partial charge in [-0.2, -0.15) is 0 Å². The molecule has 0 fully saturated rings. The lowest BCUT2D eigenvalue weighted by molar-refractivity contribution is 0.584. The average Bonchev–Trinajstić information content (AvgIpc) is 2.29. The van der Waals surface area contributed by atoms with Gasteiger partial charge in [0, 0.05) is 11.8 Å². The predicted octanol–water partition coefficient (Wildman–Crippen LogP) is 3.77. The molecule has 1 aromatic carbocycles. The van der Waals surface area contributed by atoms with Crippen molar-refractivity contribution in [3.63, 3.8) is 0 Å². The van der Waals surface area contributed by atoms with E-state index in [0.29, 0.717) is 11.0 Å². The van der Waals surface area contributed by atoms with Gasteiger partial charge in [-0.1, -0.05) is 11.6 Å². The molecule has 0 unspecified atom stereocenters. The summed E-state index contributed by atoms with van der Waals surface area (Å²) in [5, 5.41) is 10.7. The first-order valence-electron chi connectivity index (χ1n) is 5.20. The van der Waals surface area contributed by atoms with Crippen LogP contribution in [0.2, 0.25) is 5.15 Å². The Balaban J connectivity index is 2.37. The van der Waals surface area contributed by atoms with E-state index in [4.69, 9.17) is 11.6 Å². The zero-order valence-electron chi connectivity index (χ0n) is 9.76. The SMILES string of the molecule is Cc1c(Cl)nnc(Nc2cc(F)cc(F)c2)c1C. The Bertz CT molecular complexity index is 582. The van der Waals surface area contributed by atoms with Gasteiger partial charge in [0.2, 0.25) is 0 Å². The molecule has 0 saturated carbocycles. The maximum atomic E-state index is 13.0. The third-order valence-electron chi connectivity index (χ3n) is 2.59. The van der Waals surface area contributed by atoms with E-state index in [1.807, 2.05) is 0 Å². The highest BCUT2D eigenvalue weighted by Gasteiger charge is 2.09. The van der Waals surface area contributed by atoms with Crippen molar-refractivity contribution in [1.82, 2.24) is 10.2 Å². The highest BCUT2D eigenvalue weighted by molar-refractivity contribution is 6.30. The number of hydrogen-bond acceptors (Lipinski definition) is 3. The Morgan fingerprint density at radius 3 is 2.22 bits per heavy atom. The molecule has 2 aromatic rings. The molecule has 0 saturated heterocycles. The summed E-state index contributed by atoms with van der Waals surface area (Å²) in [7, 11) is 0. The molecule has 0 radical (unpaired) electrons. The third kappa shape index (κ3) is 2.56. The zero-order valence-corrected chi connectivity index (χ0v) is 10.5. The maximum absolute atomic E-state index is 13.0. The van der Waals surface area contributed by atoms with Crippen LogP contribution in [0.4, 0.5) is 20.3 Å². The van der Waals surface area contributed by atoms with E-state index in [-0.39, 0.29) is 5.69 Å². The minimum absolute atomic E-state index is 0.270. The summed E-state index contributed by atoms with van der Waals surface area (Å²) >= 11 is 5.82. The van der Waals surface area contributed by atoms with Gasteiger partial charge in [-0.25, -0.2) is 8.78 Å². The molecule has 0 aliphatic heterocycles. The summed E-state index contributed by atoms with van der Waals surface area (Å²) in [5.41, 5.74) is 1.82. The van der Waals surface area contributed by atoms with Crippen molar-refractivity contribution in [2.24, 2.45) is 0 Å². The molecule has 94 valence electrons. The summed E-state index contributed by atoms with van der Waals surface area (Å²) in [6.07, 6.45) is 0. The van der Waals surface area contributed by atoms with Crippen molar-refractivity contribution in [3.8, 4) is 0 Å². The van der Waals surface area contributed by atoms with Crippen molar-refractivity contribution >= 4 is 23.1 Å². The zero-order chi connectivity index (χ0) is 13.3. The second-order valence-corrected chi connectivity index (χ2v) is 4.23. The number of nitrogens with one attached hydrogen (secondary N) is 1. The van der Waals surface area contributed by atoms with Crippen LogP contribution >= 0.6 is 11.6 Å². The second-order valence-electron chi connectivity index (χ2n) is 3.87. The lowest BCUT2D eigenvalue weighted by atomic mass is 10.2. The fourth-order valence-corrected chi connectivity index (χ4v) is 1.64. The Hall–Kier alpha value is -1.75. The molecule has 6 heteroatoms. The van der Waals surface area contributed by atoms with E-state index in [1.54, 1.807) is 13.8 Å². The van der Waals surface area contributed by atoms with Crippen LogP contribution in [0.15, 0.2) is 18.2 Å². The van der Waals surface area contributed by atoms with Gasteiger partial charge < -0.3 is 5.32 Å². The van der Waals surface area contributed by atoms with E-state index in [2.05, 4.69) is 15.5 Å². The van der Waals surface area contributed by atoms with Crippen LogP contribution in [0.3, 0.4) is 0 Å². The van der Waals surface area contributed by atoms with Crippen LogP contribution in [0, 0.1) is 25.5 Å². The van der Waals surface area contributed by atoms with Crippen molar-refractivity contribution in [2.75, 3.05) is 5.32 Å². The quantitative estimate of drug-likeness (QED) is 0.902. The van der Waals surface area contributed by atoms with Gasteiger partial charge in [0.15, 0.2) is 11.0 Å². The minimum Gasteiger partial charge on any atom is -0.338 e. The molecule has 18 heavy (non-hydrogen) atoms. The lowest BCUT2D eigenvalue weighted by Crippen LogP contribution is -2.02. The summed E-state index contributed by atoms with van der Waals surface area (Å²) in [6, 6.07) is 3.15. The minimum atomic E-state index is -0.659. The van der Waals surface area contributed by atoms with Gasteiger partial charge in [0.05, 0.1) is 0 Å². The van der Waals surface area contributed by atoms with Crippen molar-refractivity contribution < 1.29 is 8.78 Å². The Kier molecular flexibility index (Phi) is 3.43. The number of hydrogen-bond donors (Lipinski definition) is 1. The van der Waals surface area contributed by atoms with Crippen molar-refractivity contribution in [3.05, 3.63) is 46.1 Å². The van der Waals surface area contributed by atoms with Gasteiger partial charge in [0.25, 0.3) is 0 Å². The molecule has 0 amide bonds. The molecule has 0 bridgehead atoms. The summed E-state index contributed by atoms with van der Waals surface area (Å²) in [4.78, 5) is 0. The molecule has 1 heterocycles. The number of nitrogens with zero attached hydrogens (tertiary/aromatic N) is 2. The summed E-state index contributed by atoms with van der Waals surface area (Å²) < 4.78 is 26.1. The van der Waals surface area contributed by atoms with Crippen LogP contribution in [-0.2, 0) is 0 Å². The summed E-state index contributed by atoms with van der Waals surface area (Å²) in [5.74, 6) is -0.899. The second kappa shape index (κ2) is 4.86. The fraction of sp³-hybridized carbons (Fsp3) is 0.167. The Morgan fingerprint density at radius 2 is 1.61 bits per heavy atom. The van der Waals surface area contributed by atoms with E-state index in [9.17, 15) is 8.78 Å². The molecule has 0 atom stereocenters. The Labute approximate surface area is 108 Å². The number of benzene rings is 1. The van der Waals surface area contributed by atoms with Crippen molar-refractivity contribution in [1.29, 1.82) is 0 Å². The largest absolute Gasteiger partial charge is 0.338 e. The smallest absolute Gasteiger partial charge is 0.156 e. The van der Waals surface area contributed by atoms with Gasteiger partial charge in [-0.15, -0.1) is 10.2 Å². The molecule has 0 aliphatic rings. The summed E-state index contributed by atoms with van der Waals surface area (Å²) in [6.45, 7) is 3.59. The highest BCUT2D eigenvalue weighted by atomic mass is 35.5. The third-order valence-corrected chi connectivity index (χ3v) is 2.95. The average molecular weight is 270 g/mol. The molecular weight excluding hydrogens is 260 g/mol. The van der Waals surface area contributed by atoms with Gasteiger partial charge in [-0.3, -0.25) is 0 Å².